The summed E-state index contributed by atoms with van der Waals surface area (Å²) >= 11 is 0. The van der Waals surface area contributed by atoms with Gasteiger partial charge in [-0.3, -0.25) is 4.79 Å². The largest absolute Gasteiger partial charge is 0.508 e. The van der Waals surface area contributed by atoms with Gasteiger partial charge < -0.3 is 10.2 Å². The van der Waals surface area contributed by atoms with Crippen molar-refractivity contribution in [1.82, 2.24) is 0 Å². The highest BCUT2D eigenvalue weighted by Gasteiger charge is 2.39. The highest BCUT2D eigenvalue weighted by molar-refractivity contribution is 5.82. The van der Waals surface area contributed by atoms with Crippen LogP contribution in [0.15, 0.2) is 36.4 Å². The Morgan fingerprint density at radius 3 is 2.69 bits per heavy atom. The van der Waals surface area contributed by atoms with E-state index in [9.17, 15) is 15.0 Å². The van der Waals surface area contributed by atoms with Crippen molar-refractivity contribution in [2.45, 2.75) is 24.7 Å². The molecule has 0 saturated carbocycles. The number of carboxylic acid groups (broad SMARTS) is 1. The third kappa shape index (κ3) is 1.69. The van der Waals surface area contributed by atoms with E-state index in [1.807, 2.05) is 12.2 Å². The van der Waals surface area contributed by atoms with Crippen LogP contribution in [0.4, 0.5) is 0 Å². The van der Waals surface area contributed by atoms with E-state index in [1.165, 1.54) is 0 Å². The Kier molecular flexibility index (Phi) is 2.69. The van der Waals surface area contributed by atoms with E-state index in [4.69, 9.17) is 0 Å². The van der Waals surface area contributed by atoms with Crippen molar-refractivity contribution < 1.29 is 15.0 Å². The quantitative estimate of drug-likeness (QED) is 0.749. The normalized spacial score (nSPS) is 24.2. The second kappa shape index (κ2) is 4.00. The maximum absolute atomic E-state index is 11.5. The van der Waals surface area contributed by atoms with E-state index in [0.717, 1.165) is 6.42 Å². The molecule has 1 aliphatic carbocycles. The van der Waals surface area contributed by atoms with Gasteiger partial charge in [0.25, 0.3) is 0 Å². The van der Waals surface area contributed by atoms with E-state index in [2.05, 4.69) is 0 Å². The second-order valence-electron chi connectivity index (χ2n) is 4.15. The van der Waals surface area contributed by atoms with Crippen molar-refractivity contribution in [2.24, 2.45) is 0 Å². The lowest BCUT2D eigenvalue weighted by molar-refractivity contribution is -0.144. The summed E-state index contributed by atoms with van der Waals surface area (Å²) < 4.78 is 0. The molecule has 0 spiro atoms. The van der Waals surface area contributed by atoms with Gasteiger partial charge in [0.05, 0.1) is 5.41 Å². The predicted molar refractivity (Wildman–Crippen MR) is 60.4 cm³/mol. The smallest absolute Gasteiger partial charge is 0.314 e. The number of hydrogen-bond acceptors (Lipinski definition) is 2. The number of benzene rings is 1. The molecule has 84 valence electrons. The van der Waals surface area contributed by atoms with Crippen molar-refractivity contribution >= 4 is 5.97 Å². The summed E-state index contributed by atoms with van der Waals surface area (Å²) in [4.78, 5) is 11.5. The number of phenols is 1. The summed E-state index contributed by atoms with van der Waals surface area (Å²) in [7, 11) is 0. The van der Waals surface area contributed by atoms with E-state index >= 15 is 0 Å². The minimum Gasteiger partial charge on any atom is -0.508 e. The Labute approximate surface area is 94.0 Å². The van der Waals surface area contributed by atoms with Crippen molar-refractivity contribution in [3.8, 4) is 5.75 Å². The molecule has 1 aromatic carbocycles. The molecule has 2 N–H and O–H groups in total. The van der Waals surface area contributed by atoms with Crippen molar-refractivity contribution in [3.05, 3.63) is 42.0 Å². The van der Waals surface area contributed by atoms with E-state index in [0.29, 0.717) is 18.4 Å². The molecular weight excluding hydrogens is 204 g/mol. The molecule has 0 bridgehead atoms. The molecule has 2 rings (SSSR count). The predicted octanol–water partition coefficient (Wildman–Crippen LogP) is 2.45. The number of hydrogen-bond donors (Lipinski definition) is 2. The Balaban J connectivity index is 2.47. The van der Waals surface area contributed by atoms with Crippen LogP contribution < -0.4 is 0 Å². The lowest BCUT2D eigenvalue weighted by Gasteiger charge is -2.31. The molecule has 0 saturated heterocycles. The van der Waals surface area contributed by atoms with Crippen LogP contribution in [-0.2, 0) is 10.2 Å². The van der Waals surface area contributed by atoms with Gasteiger partial charge in [0.1, 0.15) is 5.75 Å². The monoisotopic (exact) mass is 218 g/mol. The maximum atomic E-state index is 11.5. The third-order valence-electron chi connectivity index (χ3n) is 3.18. The molecule has 0 aliphatic heterocycles. The summed E-state index contributed by atoms with van der Waals surface area (Å²) in [6.45, 7) is 0. The van der Waals surface area contributed by atoms with Gasteiger partial charge in [0, 0.05) is 0 Å². The van der Waals surface area contributed by atoms with Crippen LogP contribution in [0, 0.1) is 0 Å². The minimum atomic E-state index is -0.868. The first-order valence-electron chi connectivity index (χ1n) is 5.33. The first-order chi connectivity index (χ1) is 7.65. The molecule has 1 atom stereocenters. The molecule has 1 aliphatic rings. The first kappa shape index (κ1) is 10.7. The molecule has 16 heavy (non-hydrogen) atoms. The summed E-state index contributed by atoms with van der Waals surface area (Å²) in [5.74, 6) is -0.699. The minimum absolute atomic E-state index is 0.118. The van der Waals surface area contributed by atoms with Gasteiger partial charge in [-0.25, -0.2) is 0 Å². The molecule has 0 amide bonds. The van der Waals surface area contributed by atoms with Gasteiger partial charge in [-0.15, -0.1) is 0 Å². The zero-order valence-corrected chi connectivity index (χ0v) is 8.89. The van der Waals surface area contributed by atoms with Crippen LogP contribution in [0.1, 0.15) is 24.8 Å². The lowest BCUT2D eigenvalue weighted by Crippen LogP contribution is -2.36. The van der Waals surface area contributed by atoms with Gasteiger partial charge in [-0.1, -0.05) is 24.3 Å². The third-order valence-corrected chi connectivity index (χ3v) is 3.18. The standard InChI is InChI=1S/C13H14O3/c14-11-6-4-5-10(9-11)13(12(15)16)7-2-1-3-8-13/h1-2,4-6,9,14H,3,7-8H2,(H,15,16)/t13-/m1/s1. The molecule has 0 heterocycles. The highest BCUT2D eigenvalue weighted by Crippen LogP contribution is 2.37. The fourth-order valence-corrected chi connectivity index (χ4v) is 2.22. The number of aliphatic carboxylic acids is 1. The van der Waals surface area contributed by atoms with Gasteiger partial charge in [-0.05, 0) is 37.0 Å². The van der Waals surface area contributed by atoms with Crippen molar-refractivity contribution in [3.63, 3.8) is 0 Å². The molecular formula is C13H14O3. The molecule has 0 radical (unpaired) electrons. The lowest BCUT2D eigenvalue weighted by atomic mass is 9.72. The van der Waals surface area contributed by atoms with Crippen LogP contribution in [0.3, 0.4) is 0 Å². The molecule has 3 heteroatoms. The average Bonchev–Trinajstić information content (AvgIpc) is 2.30. The Morgan fingerprint density at radius 2 is 2.12 bits per heavy atom. The Bertz CT molecular complexity index is 437. The summed E-state index contributed by atoms with van der Waals surface area (Å²) in [5.41, 5.74) is -0.183. The van der Waals surface area contributed by atoms with Crippen LogP contribution in [0.25, 0.3) is 0 Å². The first-order valence-corrected chi connectivity index (χ1v) is 5.33. The topological polar surface area (TPSA) is 57.5 Å². The number of carbonyl (C=O) groups is 1. The highest BCUT2D eigenvalue weighted by atomic mass is 16.4. The Hall–Kier alpha value is -1.77. The van der Waals surface area contributed by atoms with Gasteiger partial charge in [-0.2, -0.15) is 0 Å². The molecule has 0 unspecified atom stereocenters. The fourth-order valence-electron chi connectivity index (χ4n) is 2.22. The van der Waals surface area contributed by atoms with Crippen LogP contribution in [0.5, 0.6) is 5.75 Å². The molecule has 0 fully saturated rings. The molecule has 3 nitrogen and oxygen atoms in total. The number of carboxylic acids is 1. The zero-order valence-electron chi connectivity index (χ0n) is 8.89. The van der Waals surface area contributed by atoms with Crippen molar-refractivity contribution in [1.29, 1.82) is 0 Å². The number of rotatable bonds is 2. The summed E-state index contributed by atoms with van der Waals surface area (Å²) in [6, 6.07) is 6.56. The molecule has 1 aromatic rings. The second-order valence-corrected chi connectivity index (χ2v) is 4.15. The molecule has 0 aromatic heterocycles. The van der Waals surface area contributed by atoms with E-state index < -0.39 is 11.4 Å². The summed E-state index contributed by atoms with van der Waals surface area (Å²) in [6.07, 6.45) is 5.75. The van der Waals surface area contributed by atoms with Crippen LogP contribution >= 0.6 is 0 Å². The van der Waals surface area contributed by atoms with Crippen molar-refractivity contribution in [2.75, 3.05) is 0 Å². The maximum Gasteiger partial charge on any atom is 0.314 e. The van der Waals surface area contributed by atoms with Crippen LogP contribution in [-0.4, -0.2) is 16.2 Å². The number of allylic oxidation sites excluding steroid dienone is 2. The number of phenolic OH excluding ortho intramolecular Hbond substituents is 1. The Morgan fingerprint density at radius 1 is 1.31 bits per heavy atom. The van der Waals surface area contributed by atoms with E-state index in [-0.39, 0.29) is 5.75 Å². The van der Waals surface area contributed by atoms with E-state index in [1.54, 1.807) is 24.3 Å². The summed E-state index contributed by atoms with van der Waals surface area (Å²) in [5, 5.41) is 18.8. The van der Waals surface area contributed by atoms with Crippen LogP contribution in [0.2, 0.25) is 0 Å². The number of aromatic hydroxyl groups is 1. The van der Waals surface area contributed by atoms with Gasteiger partial charge in [0.2, 0.25) is 0 Å². The zero-order chi connectivity index (χ0) is 11.6. The average molecular weight is 218 g/mol. The van der Waals surface area contributed by atoms with Gasteiger partial charge >= 0.3 is 5.97 Å². The fraction of sp³-hybridized carbons (Fsp3) is 0.308. The van der Waals surface area contributed by atoms with Gasteiger partial charge in [0.15, 0.2) is 0 Å². The SMILES string of the molecule is O=C(O)[C@]1(c2cccc(O)c2)CC=CCC1.